The number of aromatic nitrogens is 2. The van der Waals surface area contributed by atoms with Gasteiger partial charge in [-0.2, -0.15) is 5.10 Å². The number of halogens is 1. The van der Waals surface area contributed by atoms with Gasteiger partial charge in [0.25, 0.3) is 5.91 Å². The lowest BCUT2D eigenvalue weighted by atomic mass is 9.73. The fraction of sp³-hybridized carbons (Fsp3) is 0.375. The highest BCUT2D eigenvalue weighted by Gasteiger charge is 2.42. The van der Waals surface area contributed by atoms with Crippen molar-refractivity contribution in [1.82, 2.24) is 9.78 Å². The molecule has 2 aromatic rings. The van der Waals surface area contributed by atoms with Gasteiger partial charge in [0, 0.05) is 0 Å². The fourth-order valence-corrected chi connectivity index (χ4v) is 2.57. The molecule has 116 valence electrons. The number of rotatable bonds is 4. The Morgan fingerprint density at radius 3 is 2.82 bits per heavy atom. The van der Waals surface area contributed by atoms with Crippen LogP contribution in [-0.4, -0.2) is 26.4 Å². The van der Waals surface area contributed by atoms with Crippen LogP contribution in [0, 0.1) is 11.7 Å². The summed E-state index contributed by atoms with van der Waals surface area (Å²) < 4.78 is 15.1. The van der Waals surface area contributed by atoms with Crippen LogP contribution in [0.2, 0.25) is 0 Å². The summed E-state index contributed by atoms with van der Waals surface area (Å²) in [6.07, 6.45) is 5.71. The van der Waals surface area contributed by atoms with E-state index < -0.39 is 17.3 Å². The summed E-state index contributed by atoms with van der Waals surface area (Å²) in [5.74, 6) is -0.857. The van der Waals surface area contributed by atoms with E-state index in [4.69, 9.17) is 0 Å². The van der Waals surface area contributed by atoms with Crippen molar-refractivity contribution in [2.75, 3.05) is 5.32 Å². The maximum absolute atomic E-state index is 13.7. The number of para-hydroxylation sites is 1. The summed E-state index contributed by atoms with van der Waals surface area (Å²) in [4.78, 5) is 12.2. The molecule has 22 heavy (non-hydrogen) atoms. The number of nitrogens with zero attached hydrogens (tertiary/aromatic N) is 2. The Kier molecular flexibility index (Phi) is 3.70. The van der Waals surface area contributed by atoms with Crippen LogP contribution in [0.5, 0.6) is 0 Å². The first-order chi connectivity index (χ1) is 10.5. The van der Waals surface area contributed by atoms with Crippen LogP contribution in [0.1, 0.15) is 26.2 Å². The fourth-order valence-electron chi connectivity index (χ4n) is 2.57. The Bertz CT molecular complexity index is 692. The van der Waals surface area contributed by atoms with Crippen LogP contribution in [0.25, 0.3) is 5.69 Å². The van der Waals surface area contributed by atoms with Crippen LogP contribution in [-0.2, 0) is 4.79 Å². The molecular weight excluding hydrogens is 285 g/mol. The Morgan fingerprint density at radius 2 is 2.18 bits per heavy atom. The molecule has 1 unspecified atom stereocenters. The molecular formula is C16H18FN3O2. The Labute approximate surface area is 127 Å². The van der Waals surface area contributed by atoms with Gasteiger partial charge < -0.3 is 10.4 Å². The number of benzene rings is 1. The molecule has 1 aromatic heterocycles. The van der Waals surface area contributed by atoms with E-state index in [9.17, 15) is 14.3 Å². The van der Waals surface area contributed by atoms with Gasteiger partial charge in [-0.05, 0) is 37.8 Å². The Balaban J connectivity index is 1.74. The zero-order valence-electron chi connectivity index (χ0n) is 12.3. The van der Waals surface area contributed by atoms with E-state index in [-0.39, 0.29) is 5.92 Å². The van der Waals surface area contributed by atoms with Crippen molar-refractivity contribution in [2.45, 2.75) is 31.8 Å². The number of hydrogen-bond acceptors (Lipinski definition) is 3. The van der Waals surface area contributed by atoms with Crippen LogP contribution >= 0.6 is 0 Å². The van der Waals surface area contributed by atoms with Crippen LogP contribution in [0.15, 0.2) is 36.7 Å². The minimum Gasteiger partial charge on any atom is -0.380 e. The quantitative estimate of drug-likeness (QED) is 0.912. The summed E-state index contributed by atoms with van der Waals surface area (Å²) in [5, 5.41) is 17.0. The smallest absolute Gasteiger partial charge is 0.256 e. The predicted molar refractivity (Wildman–Crippen MR) is 80.1 cm³/mol. The first-order valence-corrected chi connectivity index (χ1v) is 7.32. The molecule has 1 aliphatic carbocycles. The molecule has 0 aliphatic heterocycles. The zero-order chi connectivity index (χ0) is 15.7. The number of nitrogens with one attached hydrogen (secondary N) is 1. The largest absolute Gasteiger partial charge is 0.380 e. The van der Waals surface area contributed by atoms with Crippen molar-refractivity contribution in [1.29, 1.82) is 0 Å². The highest BCUT2D eigenvalue weighted by molar-refractivity contribution is 5.97. The van der Waals surface area contributed by atoms with Gasteiger partial charge in [-0.1, -0.05) is 18.6 Å². The molecule has 3 rings (SSSR count). The molecule has 1 amide bonds. The molecule has 0 bridgehead atoms. The molecule has 5 nitrogen and oxygen atoms in total. The molecule has 1 saturated carbocycles. The van der Waals surface area contributed by atoms with Gasteiger partial charge >= 0.3 is 0 Å². The normalized spacial score (nSPS) is 17.6. The molecule has 1 atom stereocenters. The van der Waals surface area contributed by atoms with Crippen molar-refractivity contribution in [3.8, 4) is 5.69 Å². The monoisotopic (exact) mass is 303 g/mol. The maximum atomic E-state index is 13.7. The number of carbonyl (C=O) groups is 1. The van der Waals surface area contributed by atoms with Crippen molar-refractivity contribution in [3.05, 3.63) is 42.5 Å². The Hall–Kier alpha value is -2.21. The molecule has 1 aliphatic rings. The molecule has 2 N–H and O–H groups in total. The lowest BCUT2D eigenvalue weighted by molar-refractivity contribution is -0.141. The second-order valence-corrected chi connectivity index (χ2v) is 5.85. The number of carbonyl (C=O) groups excluding carboxylic acids is 1. The van der Waals surface area contributed by atoms with E-state index in [1.165, 1.54) is 30.1 Å². The van der Waals surface area contributed by atoms with E-state index >= 15 is 0 Å². The second kappa shape index (κ2) is 5.53. The summed E-state index contributed by atoms with van der Waals surface area (Å²) in [7, 11) is 0. The molecule has 0 spiro atoms. The summed E-state index contributed by atoms with van der Waals surface area (Å²) >= 11 is 0. The lowest BCUT2D eigenvalue weighted by Crippen LogP contribution is -2.49. The van der Waals surface area contributed by atoms with E-state index in [1.807, 2.05) is 0 Å². The average molecular weight is 303 g/mol. The third-order valence-corrected chi connectivity index (χ3v) is 4.30. The average Bonchev–Trinajstić information content (AvgIpc) is 2.85. The van der Waals surface area contributed by atoms with E-state index in [0.717, 1.165) is 19.3 Å². The standard InChI is InChI=1S/C16H18FN3O2/c1-16(22,11-5-4-6-11)15(21)19-12-9-18-20(10-12)14-8-3-2-7-13(14)17/h2-3,7-11,22H,4-6H2,1H3,(H,19,21). The maximum Gasteiger partial charge on any atom is 0.256 e. The van der Waals surface area contributed by atoms with Crippen molar-refractivity contribution < 1.29 is 14.3 Å². The van der Waals surface area contributed by atoms with Gasteiger partial charge in [-0.25, -0.2) is 9.07 Å². The van der Waals surface area contributed by atoms with Gasteiger partial charge in [-0.3, -0.25) is 4.79 Å². The van der Waals surface area contributed by atoms with Gasteiger partial charge in [-0.15, -0.1) is 0 Å². The molecule has 1 heterocycles. The predicted octanol–water partition coefficient (Wildman–Crippen LogP) is 2.50. The van der Waals surface area contributed by atoms with Crippen LogP contribution < -0.4 is 5.32 Å². The summed E-state index contributed by atoms with van der Waals surface area (Å²) in [6.45, 7) is 1.54. The third-order valence-electron chi connectivity index (χ3n) is 4.30. The number of amides is 1. The number of aliphatic hydroxyl groups is 1. The summed E-state index contributed by atoms with van der Waals surface area (Å²) in [6, 6.07) is 6.25. The van der Waals surface area contributed by atoms with Gasteiger partial charge in [0.2, 0.25) is 0 Å². The van der Waals surface area contributed by atoms with Gasteiger partial charge in [0.05, 0.1) is 18.1 Å². The number of anilines is 1. The molecule has 0 saturated heterocycles. The minimum atomic E-state index is -1.39. The highest BCUT2D eigenvalue weighted by Crippen LogP contribution is 2.36. The van der Waals surface area contributed by atoms with Gasteiger partial charge in [0.15, 0.2) is 0 Å². The lowest BCUT2D eigenvalue weighted by Gasteiger charge is -2.37. The molecule has 1 aromatic carbocycles. The molecule has 6 heteroatoms. The van der Waals surface area contributed by atoms with Crippen molar-refractivity contribution in [2.24, 2.45) is 5.92 Å². The molecule has 0 radical (unpaired) electrons. The Morgan fingerprint density at radius 1 is 1.45 bits per heavy atom. The van der Waals surface area contributed by atoms with E-state index in [1.54, 1.807) is 18.2 Å². The van der Waals surface area contributed by atoms with E-state index in [2.05, 4.69) is 10.4 Å². The minimum absolute atomic E-state index is 0.00545. The summed E-state index contributed by atoms with van der Waals surface area (Å²) in [5.41, 5.74) is -0.667. The second-order valence-electron chi connectivity index (χ2n) is 5.85. The van der Waals surface area contributed by atoms with E-state index in [0.29, 0.717) is 11.4 Å². The SMILES string of the molecule is CC(O)(C(=O)Nc1cnn(-c2ccccc2F)c1)C1CCC1. The topological polar surface area (TPSA) is 67.2 Å². The van der Waals surface area contributed by atoms with Crippen LogP contribution in [0.3, 0.4) is 0 Å². The molecule has 1 fully saturated rings. The third kappa shape index (κ3) is 2.62. The first-order valence-electron chi connectivity index (χ1n) is 7.32. The van der Waals surface area contributed by atoms with Crippen molar-refractivity contribution in [3.63, 3.8) is 0 Å². The van der Waals surface area contributed by atoms with Crippen LogP contribution in [0.4, 0.5) is 10.1 Å². The number of hydrogen-bond donors (Lipinski definition) is 2. The highest BCUT2D eigenvalue weighted by atomic mass is 19.1. The first kappa shape index (κ1) is 14.7. The van der Waals surface area contributed by atoms with Gasteiger partial charge in [0.1, 0.15) is 17.1 Å². The van der Waals surface area contributed by atoms with Crippen molar-refractivity contribution >= 4 is 11.6 Å². The zero-order valence-corrected chi connectivity index (χ0v) is 12.3.